The van der Waals surface area contributed by atoms with Gasteiger partial charge in [0.2, 0.25) is 0 Å². The van der Waals surface area contributed by atoms with E-state index < -0.39 is 0 Å². The summed E-state index contributed by atoms with van der Waals surface area (Å²) in [5.74, 6) is 0. The Labute approximate surface area is 104 Å². The quantitative estimate of drug-likeness (QED) is 0.727. The van der Waals surface area contributed by atoms with Crippen LogP contribution in [-0.4, -0.2) is 18.3 Å². The molecule has 0 N–H and O–H groups in total. The van der Waals surface area contributed by atoms with Crippen LogP contribution in [0.4, 0.5) is 0 Å². The van der Waals surface area contributed by atoms with E-state index in [4.69, 9.17) is 9.31 Å². The maximum atomic E-state index is 6.04. The van der Waals surface area contributed by atoms with Gasteiger partial charge in [0.25, 0.3) is 0 Å². The average Bonchev–Trinajstić information content (AvgIpc) is 2.48. The van der Waals surface area contributed by atoms with Gasteiger partial charge in [0.05, 0.1) is 11.2 Å². The molecule has 1 aromatic rings. The molecule has 91 valence electrons. The van der Waals surface area contributed by atoms with Crippen LogP contribution in [0.2, 0.25) is 0 Å². The van der Waals surface area contributed by atoms with Crippen molar-refractivity contribution < 1.29 is 9.31 Å². The second-order valence-corrected chi connectivity index (χ2v) is 5.54. The summed E-state index contributed by atoms with van der Waals surface area (Å²) in [6.45, 7) is 12.2. The molecular weight excluding hydrogens is 211 g/mol. The minimum absolute atomic E-state index is 0.280. The van der Waals surface area contributed by atoms with Crippen molar-refractivity contribution in [3.8, 4) is 0 Å². The molecule has 1 aliphatic rings. The van der Waals surface area contributed by atoms with Gasteiger partial charge in [-0.25, -0.2) is 0 Å². The standard InChI is InChI=1S/C14H20BO2/c1-6-11-9-7-8-10-12(11)15-16-13(2,3)14(4,5)17-15/h7-10H,1,6H2,2-5H3. The lowest BCUT2D eigenvalue weighted by molar-refractivity contribution is 0.00578. The van der Waals surface area contributed by atoms with E-state index in [0.29, 0.717) is 0 Å². The van der Waals surface area contributed by atoms with Gasteiger partial charge in [-0.3, -0.25) is 0 Å². The molecule has 0 unspecified atom stereocenters. The van der Waals surface area contributed by atoms with E-state index >= 15 is 0 Å². The lowest BCUT2D eigenvalue weighted by atomic mass is 9.75. The fourth-order valence-electron chi connectivity index (χ4n) is 1.96. The molecule has 0 spiro atoms. The largest absolute Gasteiger partial charge is 0.495 e. The fourth-order valence-corrected chi connectivity index (χ4v) is 1.96. The molecule has 0 atom stereocenters. The van der Waals surface area contributed by atoms with Crippen LogP contribution in [-0.2, 0) is 15.7 Å². The lowest BCUT2D eigenvalue weighted by Crippen LogP contribution is -2.41. The van der Waals surface area contributed by atoms with Crippen LogP contribution in [0.1, 0.15) is 33.3 Å². The molecule has 1 fully saturated rings. The summed E-state index contributed by atoms with van der Waals surface area (Å²) in [6, 6.07) is 8.17. The van der Waals surface area contributed by atoms with Gasteiger partial charge in [0.1, 0.15) is 0 Å². The van der Waals surface area contributed by atoms with E-state index in [-0.39, 0.29) is 18.3 Å². The van der Waals surface area contributed by atoms with Crippen molar-refractivity contribution in [1.82, 2.24) is 0 Å². The molecule has 1 heterocycles. The van der Waals surface area contributed by atoms with Crippen molar-refractivity contribution in [2.45, 2.75) is 45.3 Å². The summed E-state index contributed by atoms with van der Waals surface area (Å²) in [5.41, 5.74) is 1.71. The molecular formula is C14H20BO2. The Morgan fingerprint density at radius 1 is 1.06 bits per heavy atom. The molecule has 1 radical (unpaired) electrons. The number of hydrogen-bond acceptors (Lipinski definition) is 2. The molecule has 2 rings (SSSR count). The van der Waals surface area contributed by atoms with Crippen LogP contribution >= 0.6 is 0 Å². The molecule has 0 amide bonds. The van der Waals surface area contributed by atoms with Crippen LogP contribution in [0.15, 0.2) is 24.3 Å². The lowest BCUT2D eigenvalue weighted by Gasteiger charge is -2.32. The van der Waals surface area contributed by atoms with Crippen molar-refractivity contribution in [3.05, 3.63) is 36.8 Å². The van der Waals surface area contributed by atoms with E-state index in [1.807, 2.05) is 12.1 Å². The van der Waals surface area contributed by atoms with E-state index in [2.05, 4.69) is 46.8 Å². The van der Waals surface area contributed by atoms with Gasteiger partial charge in [0, 0.05) is 0 Å². The SMILES string of the molecule is [CH2]Cc1ccccc1B1OC(C)(C)C(C)(C)O1. The first-order valence-corrected chi connectivity index (χ1v) is 6.10. The topological polar surface area (TPSA) is 18.5 Å². The molecule has 1 aliphatic heterocycles. The fraction of sp³-hybridized carbons (Fsp3) is 0.500. The molecule has 3 heteroatoms. The molecule has 0 aromatic heterocycles. The number of benzene rings is 1. The van der Waals surface area contributed by atoms with Crippen molar-refractivity contribution >= 4 is 12.6 Å². The molecule has 0 aliphatic carbocycles. The van der Waals surface area contributed by atoms with Gasteiger partial charge < -0.3 is 9.31 Å². The third kappa shape index (κ3) is 2.14. The Hall–Kier alpha value is -0.795. The highest BCUT2D eigenvalue weighted by molar-refractivity contribution is 6.62. The highest BCUT2D eigenvalue weighted by atomic mass is 16.7. The van der Waals surface area contributed by atoms with E-state index in [1.165, 1.54) is 5.56 Å². The summed E-state index contributed by atoms with van der Waals surface area (Å²) in [5, 5.41) is 0. The Bertz CT molecular complexity index is 396. The van der Waals surface area contributed by atoms with E-state index in [9.17, 15) is 0 Å². The third-order valence-electron chi connectivity index (χ3n) is 3.83. The maximum absolute atomic E-state index is 6.04. The molecule has 2 nitrogen and oxygen atoms in total. The predicted octanol–water partition coefficient (Wildman–Crippen LogP) is 2.36. The monoisotopic (exact) mass is 231 g/mol. The summed E-state index contributed by atoms with van der Waals surface area (Å²) < 4.78 is 12.1. The van der Waals surface area contributed by atoms with E-state index in [1.54, 1.807) is 0 Å². The van der Waals surface area contributed by atoms with Crippen LogP contribution < -0.4 is 5.46 Å². The highest BCUT2D eigenvalue weighted by Gasteiger charge is 2.52. The van der Waals surface area contributed by atoms with Crippen LogP contribution in [0.25, 0.3) is 0 Å². The van der Waals surface area contributed by atoms with Crippen LogP contribution in [0, 0.1) is 6.92 Å². The smallest absolute Gasteiger partial charge is 0.399 e. The Morgan fingerprint density at radius 2 is 1.59 bits per heavy atom. The second kappa shape index (κ2) is 4.15. The third-order valence-corrected chi connectivity index (χ3v) is 3.83. The van der Waals surface area contributed by atoms with Crippen molar-refractivity contribution in [1.29, 1.82) is 0 Å². The summed E-state index contributed by atoms with van der Waals surface area (Å²) in [4.78, 5) is 0. The van der Waals surface area contributed by atoms with Crippen molar-refractivity contribution in [2.75, 3.05) is 0 Å². The van der Waals surface area contributed by atoms with Crippen molar-refractivity contribution in [3.63, 3.8) is 0 Å². The average molecular weight is 231 g/mol. The number of hydrogen-bond donors (Lipinski definition) is 0. The van der Waals surface area contributed by atoms with E-state index in [0.717, 1.165) is 11.9 Å². The zero-order valence-corrected chi connectivity index (χ0v) is 11.1. The zero-order valence-electron chi connectivity index (χ0n) is 11.1. The molecule has 0 bridgehead atoms. The first kappa shape index (κ1) is 12.7. The molecule has 1 saturated heterocycles. The summed E-state index contributed by atoms with van der Waals surface area (Å²) in [7, 11) is -0.280. The predicted molar refractivity (Wildman–Crippen MR) is 71.2 cm³/mol. The van der Waals surface area contributed by atoms with Crippen LogP contribution in [0.5, 0.6) is 0 Å². The van der Waals surface area contributed by atoms with Gasteiger partial charge in [0.15, 0.2) is 0 Å². The molecule has 0 saturated carbocycles. The Morgan fingerprint density at radius 3 is 2.12 bits per heavy atom. The molecule has 17 heavy (non-hydrogen) atoms. The first-order valence-electron chi connectivity index (χ1n) is 6.10. The number of rotatable bonds is 2. The summed E-state index contributed by atoms with van der Waals surface area (Å²) in [6.07, 6.45) is 0.750. The second-order valence-electron chi connectivity index (χ2n) is 5.54. The normalized spacial score (nSPS) is 21.8. The van der Waals surface area contributed by atoms with Crippen molar-refractivity contribution in [2.24, 2.45) is 0 Å². The Balaban J connectivity index is 2.32. The minimum atomic E-state index is -0.286. The molecule has 1 aromatic carbocycles. The van der Waals surface area contributed by atoms with Gasteiger partial charge in [-0.1, -0.05) is 24.3 Å². The first-order chi connectivity index (χ1) is 7.87. The highest BCUT2D eigenvalue weighted by Crippen LogP contribution is 2.36. The zero-order chi connectivity index (χ0) is 12.7. The van der Waals surface area contributed by atoms with Gasteiger partial charge >= 0.3 is 7.12 Å². The maximum Gasteiger partial charge on any atom is 0.495 e. The Kier molecular flexibility index (Phi) is 3.09. The van der Waals surface area contributed by atoms with Gasteiger partial charge in [-0.05, 0) is 52.1 Å². The van der Waals surface area contributed by atoms with Crippen LogP contribution in [0.3, 0.4) is 0 Å². The van der Waals surface area contributed by atoms with Gasteiger partial charge in [-0.15, -0.1) is 0 Å². The van der Waals surface area contributed by atoms with Gasteiger partial charge in [-0.2, -0.15) is 0 Å². The summed E-state index contributed by atoms with van der Waals surface area (Å²) >= 11 is 0. The minimum Gasteiger partial charge on any atom is -0.399 e.